The average molecular weight is 220 g/mol. The summed E-state index contributed by atoms with van der Waals surface area (Å²) in [4.78, 5) is 11.9. The van der Waals surface area contributed by atoms with Crippen LogP contribution in [0.4, 0.5) is 11.6 Å². The molecule has 7 heteroatoms. The molecule has 2 aromatic heterocycles. The zero-order valence-electron chi connectivity index (χ0n) is 8.84. The Labute approximate surface area is 92.1 Å². The van der Waals surface area contributed by atoms with E-state index in [0.29, 0.717) is 36.3 Å². The molecule has 0 aliphatic heterocycles. The van der Waals surface area contributed by atoms with E-state index in [-0.39, 0.29) is 0 Å². The standard InChI is InChI=1S/C9H12N6O/c1-6-14-9(16-15-6)2-3-11-8-4-7(10)12-5-13-8/h4-5H,2-3H2,1H3,(H3,10,11,12,13). The van der Waals surface area contributed by atoms with Crippen LogP contribution in [0.15, 0.2) is 16.9 Å². The summed E-state index contributed by atoms with van der Waals surface area (Å²) in [5.41, 5.74) is 5.51. The fourth-order valence-corrected chi connectivity index (χ4v) is 1.21. The largest absolute Gasteiger partial charge is 0.384 e. The van der Waals surface area contributed by atoms with Crippen LogP contribution in [0.25, 0.3) is 0 Å². The van der Waals surface area contributed by atoms with Crippen molar-refractivity contribution in [2.24, 2.45) is 0 Å². The summed E-state index contributed by atoms with van der Waals surface area (Å²) in [5, 5.41) is 6.78. The van der Waals surface area contributed by atoms with Crippen molar-refractivity contribution >= 4 is 11.6 Å². The number of aryl methyl sites for hydroxylation is 1. The van der Waals surface area contributed by atoms with Crippen molar-refractivity contribution in [2.75, 3.05) is 17.6 Å². The van der Waals surface area contributed by atoms with Crippen LogP contribution in [0, 0.1) is 6.92 Å². The summed E-state index contributed by atoms with van der Waals surface area (Å²) in [6.45, 7) is 2.43. The molecule has 84 valence electrons. The third-order valence-corrected chi connectivity index (χ3v) is 1.90. The van der Waals surface area contributed by atoms with Crippen molar-refractivity contribution in [3.05, 3.63) is 24.1 Å². The van der Waals surface area contributed by atoms with E-state index in [0.717, 1.165) is 0 Å². The SMILES string of the molecule is Cc1noc(CCNc2cc(N)ncn2)n1. The Kier molecular flexibility index (Phi) is 2.95. The van der Waals surface area contributed by atoms with E-state index in [9.17, 15) is 0 Å². The van der Waals surface area contributed by atoms with E-state index < -0.39 is 0 Å². The van der Waals surface area contributed by atoms with Gasteiger partial charge in [-0.2, -0.15) is 4.98 Å². The van der Waals surface area contributed by atoms with E-state index >= 15 is 0 Å². The summed E-state index contributed by atoms with van der Waals surface area (Å²) in [7, 11) is 0. The Morgan fingerprint density at radius 2 is 2.31 bits per heavy atom. The highest BCUT2D eigenvalue weighted by Crippen LogP contribution is 2.05. The monoisotopic (exact) mass is 220 g/mol. The van der Waals surface area contributed by atoms with Crippen molar-refractivity contribution < 1.29 is 4.52 Å². The molecule has 0 radical (unpaired) electrons. The average Bonchev–Trinajstić information content (AvgIpc) is 2.64. The highest BCUT2D eigenvalue weighted by Gasteiger charge is 2.02. The predicted molar refractivity (Wildman–Crippen MR) is 57.7 cm³/mol. The van der Waals surface area contributed by atoms with E-state index in [2.05, 4.69) is 25.4 Å². The molecule has 0 saturated carbocycles. The van der Waals surface area contributed by atoms with Crippen LogP contribution in [0.1, 0.15) is 11.7 Å². The Balaban J connectivity index is 1.84. The summed E-state index contributed by atoms with van der Waals surface area (Å²) in [5.74, 6) is 2.36. The van der Waals surface area contributed by atoms with Gasteiger partial charge in [-0.15, -0.1) is 0 Å². The highest BCUT2D eigenvalue weighted by atomic mass is 16.5. The number of hydrogen-bond donors (Lipinski definition) is 2. The molecule has 0 bridgehead atoms. The number of hydrogen-bond acceptors (Lipinski definition) is 7. The van der Waals surface area contributed by atoms with Gasteiger partial charge in [0.2, 0.25) is 5.89 Å². The number of nitrogens with one attached hydrogen (secondary N) is 1. The third kappa shape index (κ3) is 2.66. The zero-order valence-corrected chi connectivity index (χ0v) is 8.84. The van der Waals surface area contributed by atoms with Crippen molar-refractivity contribution in [3.8, 4) is 0 Å². The van der Waals surface area contributed by atoms with Gasteiger partial charge in [-0.3, -0.25) is 0 Å². The Morgan fingerprint density at radius 3 is 3.00 bits per heavy atom. The van der Waals surface area contributed by atoms with Gasteiger partial charge < -0.3 is 15.6 Å². The maximum absolute atomic E-state index is 5.51. The van der Waals surface area contributed by atoms with Gasteiger partial charge in [-0.1, -0.05) is 5.16 Å². The number of anilines is 2. The molecule has 0 amide bonds. The second kappa shape index (κ2) is 4.56. The van der Waals surface area contributed by atoms with Gasteiger partial charge in [0.05, 0.1) is 0 Å². The molecule has 2 aromatic rings. The van der Waals surface area contributed by atoms with Crippen LogP contribution < -0.4 is 11.1 Å². The minimum Gasteiger partial charge on any atom is -0.384 e. The maximum Gasteiger partial charge on any atom is 0.228 e. The van der Waals surface area contributed by atoms with Gasteiger partial charge >= 0.3 is 0 Å². The fraction of sp³-hybridized carbons (Fsp3) is 0.333. The lowest BCUT2D eigenvalue weighted by Gasteiger charge is -2.02. The zero-order chi connectivity index (χ0) is 11.4. The first-order chi connectivity index (χ1) is 7.74. The summed E-state index contributed by atoms with van der Waals surface area (Å²) >= 11 is 0. The van der Waals surface area contributed by atoms with E-state index in [1.165, 1.54) is 6.33 Å². The van der Waals surface area contributed by atoms with Crippen LogP contribution >= 0.6 is 0 Å². The Bertz CT molecular complexity index is 469. The molecular formula is C9H12N6O. The quantitative estimate of drug-likeness (QED) is 0.768. The van der Waals surface area contributed by atoms with Crippen LogP contribution in [-0.2, 0) is 6.42 Å². The van der Waals surface area contributed by atoms with Crippen molar-refractivity contribution in [3.63, 3.8) is 0 Å². The smallest absolute Gasteiger partial charge is 0.228 e. The predicted octanol–water partition coefficient (Wildman–Crippen LogP) is 0.405. The minimum absolute atomic E-state index is 0.436. The van der Waals surface area contributed by atoms with Gasteiger partial charge in [0.15, 0.2) is 5.82 Å². The molecule has 0 aliphatic carbocycles. The minimum atomic E-state index is 0.436. The number of aromatic nitrogens is 4. The second-order valence-corrected chi connectivity index (χ2v) is 3.24. The van der Waals surface area contributed by atoms with Gasteiger partial charge in [0.1, 0.15) is 18.0 Å². The molecule has 0 fully saturated rings. The Morgan fingerprint density at radius 1 is 1.44 bits per heavy atom. The third-order valence-electron chi connectivity index (χ3n) is 1.90. The molecule has 0 unspecified atom stereocenters. The Hall–Kier alpha value is -2.18. The lowest BCUT2D eigenvalue weighted by atomic mass is 10.4. The van der Waals surface area contributed by atoms with Crippen LogP contribution in [0.2, 0.25) is 0 Å². The molecule has 0 aliphatic rings. The molecule has 0 spiro atoms. The number of nitrogens with zero attached hydrogens (tertiary/aromatic N) is 4. The first kappa shape index (κ1) is 10.3. The lowest BCUT2D eigenvalue weighted by Crippen LogP contribution is -2.07. The lowest BCUT2D eigenvalue weighted by molar-refractivity contribution is 0.377. The summed E-state index contributed by atoms with van der Waals surface area (Å²) in [6.07, 6.45) is 2.05. The normalized spacial score (nSPS) is 10.3. The van der Waals surface area contributed by atoms with Crippen LogP contribution in [0.3, 0.4) is 0 Å². The van der Waals surface area contributed by atoms with Gasteiger partial charge in [-0.05, 0) is 6.92 Å². The summed E-state index contributed by atoms with van der Waals surface area (Å²) in [6, 6.07) is 1.67. The van der Waals surface area contributed by atoms with Gasteiger partial charge in [0.25, 0.3) is 0 Å². The van der Waals surface area contributed by atoms with Gasteiger partial charge in [-0.25, -0.2) is 9.97 Å². The van der Waals surface area contributed by atoms with E-state index in [4.69, 9.17) is 10.3 Å². The molecule has 2 heterocycles. The first-order valence-electron chi connectivity index (χ1n) is 4.84. The number of rotatable bonds is 4. The van der Waals surface area contributed by atoms with Gasteiger partial charge in [0, 0.05) is 19.0 Å². The van der Waals surface area contributed by atoms with Crippen molar-refractivity contribution in [1.29, 1.82) is 0 Å². The number of nitrogen functional groups attached to an aromatic ring is 1. The van der Waals surface area contributed by atoms with Crippen LogP contribution in [0.5, 0.6) is 0 Å². The van der Waals surface area contributed by atoms with Crippen molar-refractivity contribution in [2.45, 2.75) is 13.3 Å². The molecule has 0 saturated heterocycles. The molecule has 2 rings (SSSR count). The second-order valence-electron chi connectivity index (χ2n) is 3.24. The van der Waals surface area contributed by atoms with E-state index in [1.54, 1.807) is 13.0 Å². The highest BCUT2D eigenvalue weighted by molar-refractivity contribution is 5.43. The van der Waals surface area contributed by atoms with E-state index in [1.807, 2.05) is 0 Å². The summed E-state index contributed by atoms with van der Waals surface area (Å²) < 4.78 is 4.97. The molecule has 7 nitrogen and oxygen atoms in total. The topological polar surface area (TPSA) is 103 Å². The molecule has 0 atom stereocenters. The first-order valence-corrected chi connectivity index (χ1v) is 4.84. The molecule has 16 heavy (non-hydrogen) atoms. The molecule has 0 aromatic carbocycles. The molecule has 3 N–H and O–H groups in total. The fourth-order valence-electron chi connectivity index (χ4n) is 1.21. The number of nitrogens with two attached hydrogens (primary N) is 1. The van der Waals surface area contributed by atoms with Crippen LogP contribution in [-0.4, -0.2) is 26.7 Å². The van der Waals surface area contributed by atoms with Crippen molar-refractivity contribution in [1.82, 2.24) is 20.1 Å². The molecular weight excluding hydrogens is 208 g/mol. The maximum atomic E-state index is 5.51.